The van der Waals surface area contributed by atoms with Crippen molar-refractivity contribution >= 4 is 33.7 Å². The molecule has 104 valence electrons. The predicted octanol–water partition coefficient (Wildman–Crippen LogP) is 3.53. The van der Waals surface area contributed by atoms with Gasteiger partial charge >= 0.3 is 0 Å². The van der Waals surface area contributed by atoms with Crippen molar-refractivity contribution in [2.24, 2.45) is 0 Å². The lowest BCUT2D eigenvalue weighted by Gasteiger charge is -2.03. The topological polar surface area (TPSA) is 65.8 Å². The van der Waals surface area contributed by atoms with Gasteiger partial charge in [-0.1, -0.05) is 12.1 Å². The number of amides is 1. The van der Waals surface area contributed by atoms with Gasteiger partial charge in [0.2, 0.25) is 0 Å². The van der Waals surface area contributed by atoms with Crippen LogP contribution in [0.5, 0.6) is 0 Å². The molecule has 21 heavy (non-hydrogen) atoms. The molecule has 0 aliphatic carbocycles. The van der Waals surface area contributed by atoms with Crippen LogP contribution < -0.4 is 5.32 Å². The third-order valence-electron chi connectivity index (χ3n) is 2.53. The van der Waals surface area contributed by atoms with Gasteiger partial charge in [0.15, 0.2) is 0 Å². The monoisotopic (exact) mass is 345 g/mol. The smallest absolute Gasteiger partial charge is 0.267 e. The highest BCUT2D eigenvalue weighted by Crippen LogP contribution is 2.19. The molecule has 0 atom stereocenters. The molecule has 0 saturated heterocycles. The molecule has 2 rings (SSSR count). The van der Waals surface area contributed by atoms with Crippen molar-refractivity contribution in [2.75, 3.05) is 5.32 Å². The van der Waals surface area contributed by atoms with Gasteiger partial charge in [-0.15, -0.1) is 0 Å². The SMILES string of the molecule is N#CC(=Cc1ccc(F)c(Br)c1)C(=O)Nc1ccccn1. The number of aromatic nitrogens is 1. The Hall–Kier alpha value is -2.52. The summed E-state index contributed by atoms with van der Waals surface area (Å²) < 4.78 is 13.4. The first kappa shape index (κ1) is 14.9. The Labute approximate surface area is 129 Å². The Kier molecular flexibility index (Phi) is 4.80. The molecule has 1 amide bonds. The zero-order valence-corrected chi connectivity index (χ0v) is 12.3. The number of nitrogens with zero attached hydrogens (tertiary/aromatic N) is 2. The second-order valence-electron chi connectivity index (χ2n) is 4.01. The number of nitrogens with one attached hydrogen (secondary N) is 1. The summed E-state index contributed by atoms with van der Waals surface area (Å²) in [6.45, 7) is 0. The second kappa shape index (κ2) is 6.77. The number of anilines is 1. The number of pyridine rings is 1. The number of carbonyl (C=O) groups excluding carboxylic acids is 1. The van der Waals surface area contributed by atoms with Crippen LogP contribution in [0.1, 0.15) is 5.56 Å². The Bertz CT molecular complexity index is 738. The Morgan fingerprint density at radius 2 is 2.19 bits per heavy atom. The summed E-state index contributed by atoms with van der Waals surface area (Å²) in [7, 11) is 0. The molecule has 0 unspecified atom stereocenters. The van der Waals surface area contributed by atoms with Gasteiger partial charge in [0.1, 0.15) is 23.3 Å². The highest BCUT2D eigenvalue weighted by Gasteiger charge is 2.10. The molecule has 0 aliphatic rings. The van der Waals surface area contributed by atoms with Gasteiger partial charge in [0.25, 0.3) is 5.91 Å². The van der Waals surface area contributed by atoms with Crippen molar-refractivity contribution < 1.29 is 9.18 Å². The molecular formula is C15H9BrFN3O. The first-order valence-corrected chi connectivity index (χ1v) is 6.68. The minimum absolute atomic E-state index is 0.0980. The third-order valence-corrected chi connectivity index (χ3v) is 3.13. The van der Waals surface area contributed by atoms with Gasteiger partial charge in [-0.3, -0.25) is 4.79 Å². The highest BCUT2D eigenvalue weighted by atomic mass is 79.9. The lowest BCUT2D eigenvalue weighted by Crippen LogP contribution is -2.14. The van der Waals surface area contributed by atoms with Crippen molar-refractivity contribution in [1.82, 2.24) is 4.98 Å². The number of hydrogen-bond acceptors (Lipinski definition) is 3. The van der Waals surface area contributed by atoms with Gasteiger partial charge in [0.05, 0.1) is 4.47 Å². The summed E-state index contributed by atoms with van der Waals surface area (Å²) in [5.74, 6) is -0.635. The van der Waals surface area contributed by atoms with E-state index in [0.29, 0.717) is 11.4 Å². The lowest BCUT2D eigenvalue weighted by atomic mass is 10.1. The molecule has 0 aliphatic heterocycles. The van der Waals surface area contributed by atoms with Crippen molar-refractivity contribution in [3.8, 4) is 6.07 Å². The van der Waals surface area contributed by atoms with Crippen LogP contribution in [0.4, 0.5) is 10.2 Å². The molecule has 6 heteroatoms. The molecule has 0 radical (unpaired) electrons. The molecule has 0 spiro atoms. The fourth-order valence-corrected chi connectivity index (χ4v) is 1.93. The quantitative estimate of drug-likeness (QED) is 0.683. The Morgan fingerprint density at radius 1 is 1.38 bits per heavy atom. The molecule has 0 saturated carbocycles. The Morgan fingerprint density at radius 3 is 2.81 bits per heavy atom. The van der Waals surface area contributed by atoms with E-state index in [1.807, 2.05) is 6.07 Å². The van der Waals surface area contributed by atoms with E-state index >= 15 is 0 Å². The summed E-state index contributed by atoms with van der Waals surface area (Å²) in [5, 5.41) is 11.6. The first-order valence-electron chi connectivity index (χ1n) is 5.89. The zero-order valence-electron chi connectivity index (χ0n) is 10.7. The van der Waals surface area contributed by atoms with Crippen LogP contribution in [0.25, 0.3) is 6.08 Å². The second-order valence-corrected chi connectivity index (χ2v) is 4.87. The number of nitriles is 1. The molecule has 1 heterocycles. The van der Waals surface area contributed by atoms with E-state index in [2.05, 4.69) is 26.2 Å². The van der Waals surface area contributed by atoms with Crippen molar-refractivity contribution in [3.05, 3.63) is 64.0 Å². The fourth-order valence-electron chi connectivity index (χ4n) is 1.54. The number of halogens is 2. The third kappa shape index (κ3) is 3.97. The molecular weight excluding hydrogens is 337 g/mol. The van der Waals surface area contributed by atoms with Gasteiger partial charge in [-0.25, -0.2) is 9.37 Å². The van der Waals surface area contributed by atoms with E-state index < -0.39 is 11.7 Å². The van der Waals surface area contributed by atoms with Gasteiger partial charge in [-0.2, -0.15) is 5.26 Å². The zero-order chi connectivity index (χ0) is 15.2. The molecule has 1 N–H and O–H groups in total. The minimum atomic E-state index is -0.573. The molecule has 1 aromatic carbocycles. The maximum atomic E-state index is 13.1. The van der Waals surface area contributed by atoms with Gasteiger partial charge in [0, 0.05) is 6.20 Å². The van der Waals surface area contributed by atoms with E-state index in [9.17, 15) is 9.18 Å². The molecule has 0 bridgehead atoms. The van der Waals surface area contributed by atoms with Gasteiger partial charge < -0.3 is 5.32 Å². The number of carbonyl (C=O) groups is 1. The summed E-state index contributed by atoms with van der Waals surface area (Å²) in [6.07, 6.45) is 2.91. The van der Waals surface area contributed by atoms with E-state index in [0.717, 1.165) is 0 Å². The molecule has 1 aromatic heterocycles. The summed E-state index contributed by atoms with van der Waals surface area (Å²) in [6, 6.07) is 11.1. The largest absolute Gasteiger partial charge is 0.306 e. The van der Waals surface area contributed by atoms with Crippen LogP contribution in [-0.4, -0.2) is 10.9 Å². The maximum Gasteiger partial charge on any atom is 0.267 e. The van der Waals surface area contributed by atoms with Crippen LogP contribution in [0.15, 0.2) is 52.6 Å². The summed E-state index contributed by atoms with van der Waals surface area (Å²) >= 11 is 3.05. The fraction of sp³-hybridized carbons (Fsp3) is 0. The summed E-state index contributed by atoms with van der Waals surface area (Å²) in [5.41, 5.74) is 0.440. The molecule has 4 nitrogen and oxygen atoms in total. The van der Waals surface area contributed by atoms with Crippen molar-refractivity contribution in [2.45, 2.75) is 0 Å². The van der Waals surface area contributed by atoms with Crippen LogP contribution in [-0.2, 0) is 4.79 Å². The summed E-state index contributed by atoms with van der Waals surface area (Å²) in [4.78, 5) is 15.9. The highest BCUT2D eigenvalue weighted by molar-refractivity contribution is 9.10. The number of benzene rings is 1. The van der Waals surface area contributed by atoms with Crippen LogP contribution in [0, 0.1) is 17.1 Å². The van der Waals surface area contributed by atoms with Crippen LogP contribution in [0.3, 0.4) is 0 Å². The lowest BCUT2D eigenvalue weighted by molar-refractivity contribution is -0.112. The maximum absolute atomic E-state index is 13.1. The van der Waals surface area contributed by atoms with Gasteiger partial charge in [-0.05, 0) is 51.8 Å². The van der Waals surface area contributed by atoms with Crippen molar-refractivity contribution in [3.63, 3.8) is 0 Å². The van der Waals surface area contributed by atoms with Crippen LogP contribution in [0.2, 0.25) is 0 Å². The van der Waals surface area contributed by atoms with E-state index in [-0.39, 0.29) is 10.0 Å². The normalized spacial score (nSPS) is 10.8. The van der Waals surface area contributed by atoms with E-state index in [1.165, 1.54) is 30.5 Å². The average Bonchev–Trinajstić information content (AvgIpc) is 2.49. The first-order chi connectivity index (χ1) is 10.1. The standard InChI is InChI=1S/C15H9BrFN3O/c16-12-8-10(4-5-13(12)17)7-11(9-18)15(21)20-14-3-1-2-6-19-14/h1-8H,(H,19,20,21). The number of hydrogen-bond donors (Lipinski definition) is 1. The van der Waals surface area contributed by atoms with Crippen molar-refractivity contribution in [1.29, 1.82) is 5.26 Å². The van der Waals surface area contributed by atoms with E-state index in [1.54, 1.807) is 18.2 Å². The van der Waals surface area contributed by atoms with Crippen LogP contribution >= 0.6 is 15.9 Å². The number of rotatable bonds is 3. The predicted molar refractivity (Wildman–Crippen MR) is 80.6 cm³/mol. The molecule has 2 aromatic rings. The minimum Gasteiger partial charge on any atom is -0.306 e. The Balaban J connectivity index is 2.22. The average molecular weight is 346 g/mol. The molecule has 0 fully saturated rings. The van der Waals surface area contributed by atoms with E-state index in [4.69, 9.17) is 5.26 Å².